The molecule has 0 saturated carbocycles. The van der Waals surface area contributed by atoms with Crippen molar-refractivity contribution in [3.63, 3.8) is 0 Å². The molecule has 4 heterocycles. The molecule has 0 radical (unpaired) electrons. The van der Waals surface area contributed by atoms with Crippen LogP contribution in [-0.2, 0) is 19.1 Å². The number of likely N-dealkylation sites (tertiary alicyclic amines) is 2. The molecule has 2 aliphatic heterocycles. The second kappa shape index (κ2) is 16.9. The van der Waals surface area contributed by atoms with E-state index < -0.39 is 23.8 Å². The first kappa shape index (κ1) is 40.9. The molecule has 2 saturated heterocycles. The predicted molar refractivity (Wildman–Crippen MR) is 222 cm³/mol. The number of hydrogen-bond acceptors (Lipinski definition) is 10. The summed E-state index contributed by atoms with van der Waals surface area (Å²) in [6, 6.07) is 15.5. The Morgan fingerprint density at radius 3 is 2.14 bits per heavy atom. The monoisotopic (exact) mass is 801 g/mol. The normalized spacial score (nSPS) is 18.5. The highest BCUT2D eigenvalue weighted by Crippen LogP contribution is 2.38. The number of hydrogen-bond donors (Lipinski definition) is 4. The van der Waals surface area contributed by atoms with Crippen LogP contribution in [-0.4, -0.2) is 99.6 Å². The number of rotatable bonds is 12. The number of aromatic amines is 2. The van der Waals surface area contributed by atoms with Crippen molar-refractivity contribution in [1.82, 2.24) is 40.4 Å². The minimum Gasteiger partial charge on any atom is -0.453 e. The van der Waals surface area contributed by atoms with Crippen molar-refractivity contribution < 1.29 is 28.7 Å². The molecular formula is C44H51N9O6. The van der Waals surface area contributed by atoms with Gasteiger partial charge in [0.2, 0.25) is 5.91 Å². The van der Waals surface area contributed by atoms with Crippen LogP contribution in [0.15, 0.2) is 54.9 Å². The fourth-order valence-electron chi connectivity index (χ4n) is 8.56. The van der Waals surface area contributed by atoms with Crippen molar-refractivity contribution in [3.05, 3.63) is 72.1 Å². The summed E-state index contributed by atoms with van der Waals surface area (Å²) in [4.78, 5) is 70.7. The molecule has 59 heavy (non-hydrogen) atoms. The lowest BCUT2D eigenvalue weighted by molar-refractivity contribution is -0.135. The predicted octanol–water partition coefficient (Wildman–Crippen LogP) is 6.78. The summed E-state index contributed by atoms with van der Waals surface area (Å²) in [6.07, 6.45) is 6.41. The minimum absolute atomic E-state index is 0.0763. The maximum Gasteiger partial charge on any atom is 0.407 e. The zero-order valence-electron chi connectivity index (χ0n) is 34.3. The van der Waals surface area contributed by atoms with Crippen molar-refractivity contribution in [2.24, 2.45) is 11.8 Å². The Labute approximate surface area is 342 Å². The Morgan fingerprint density at radius 1 is 0.881 bits per heavy atom. The van der Waals surface area contributed by atoms with Crippen LogP contribution in [0, 0.1) is 23.2 Å². The van der Waals surface area contributed by atoms with E-state index in [1.54, 1.807) is 17.3 Å². The highest BCUT2D eigenvalue weighted by Gasteiger charge is 2.42. The highest BCUT2D eigenvalue weighted by atomic mass is 16.5. The number of benzene rings is 3. The molecule has 3 aromatic carbocycles. The molecule has 2 aliphatic rings. The number of carbonyl (C=O) groups is 4. The zero-order chi connectivity index (χ0) is 42.0. The first-order chi connectivity index (χ1) is 28.4. The van der Waals surface area contributed by atoms with Gasteiger partial charge in [0.25, 0.3) is 0 Å². The largest absolute Gasteiger partial charge is 0.453 e. The number of fused-ring (bicyclic) bond motifs is 3. The van der Waals surface area contributed by atoms with Gasteiger partial charge in [-0.3, -0.25) is 9.69 Å². The molecule has 1 unspecified atom stereocenters. The van der Waals surface area contributed by atoms with Crippen LogP contribution in [0.3, 0.4) is 0 Å². The van der Waals surface area contributed by atoms with Crippen LogP contribution < -0.4 is 10.6 Å². The van der Waals surface area contributed by atoms with Crippen molar-refractivity contribution >= 4 is 45.9 Å². The van der Waals surface area contributed by atoms with Crippen LogP contribution in [0.2, 0.25) is 0 Å². The molecule has 4 atom stereocenters. The van der Waals surface area contributed by atoms with E-state index in [0.29, 0.717) is 24.5 Å². The lowest BCUT2D eigenvalue weighted by Crippen LogP contribution is -2.60. The fourth-order valence-corrected chi connectivity index (χ4v) is 8.56. The maximum atomic E-state index is 13.6. The first-order valence-corrected chi connectivity index (χ1v) is 20.1. The van der Waals surface area contributed by atoms with E-state index in [1.165, 1.54) is 14.2 Å². The molecule has 3 amide bonds. The van der Waals surface area contributed by atoms with E-state index >= 15 is 0 Å². The van der Waals surface area contributed by atoms with Gasteiger partial charge in [-0.1, -0.05) is 52.0 Å². The van der Waals surface area contributed by atoms with Gasteiger partial charge in [0.1, 0.15) is 29.5 Å². The van der Waals surface area contributed by atoms with E-state index in [2.05, 4.69) is 37.6 Å². The van der Waals surface area contributed by atoms with Gasteiger partial charge in [-0.05, 0) is 78.4 Å². The summed E-state index contributed by atoms with van der Waals surface area (Å²) >= 11 is 0. The van der Waals surface area contributed by atoms with E-state index in [-0.39, 0.29) is 29.8 Å². The molecule has 0 spiro atoms. The number of aromatic nitrogens is 4. The third-order valence-corrected chi connectivity index (χ3v) is 12.0. The Morgan fingerprint density at radius 2 is 1.51 bits per heavy atom. The van der Waals surface area contributed by atoms with Crippen LogP contribution >= 0.6 is 0 Å². The van der Waals surface area contributed by atoms with Crippen molar-refractivity contribution in [2.75, 3.05) is 33.9 Å². The summed E-state index contributed by atoms with van der Waals surface area (Å²) in [6.45, 7) is 9.22. The van der Waals surface area contributed by atoms with Gasteiger partial charge in [-0.15, -0.1) is 0 Å². The molecule has 7 rings (SSSR count). The van der Waals surface area contributed by atoms with E-state index in [0.717, 1.165) is 88.4 Å². The minimum atomic E-state index is -1.12. The Balaban J connectivity index is 1.12. The van der Waals surface area contributed by atoms with Gasteiger partial charge < -0.3 is 39.8 Å². The molecule has 0 aliphatic carbocycles. The number of imidazole rings is 2. The average Bonchev–Trinajstić information content (AvgIpc) is 4.08. The Kier molecular flexibility index (Phi) is 11.7. The van der Waals surface area contributed by atoms with Gasteiger partial charge >= 0.3 is 12.2 Å². The number of H-pyrrole nitrogens is 2. The summed E-state index contributed by atoms with van der Waals surface area (Å²) < 4.78 is 9.60. The van der Waals surface area contributed by atoms with Crippen LogP contribution in [0.25, 0.3) is 44.1 Å². The standard InChI is InChI=1S/C44H51N9O6/c1-25(2)38(50-42(56)58-5)41(55)53-16-8-10-37(53)40-47-21-34(49-40)27-11-13-31-29(17-27)18-30(20-45)33-19-28(12-14-32(31)33)35-22-46-39(48-35)36-9-7-15-52(36)23-44(24-54,26(3)4)51-43(57)59-6/h11-14,17-19,21-22,24-26,36-38H,7-10,15-16,23H2,1-6H3,(H,46,48)(H,47,49)(H,50,56)(H,51,57)/t36?,37-,38-,44+/m0/s1. The fraction of sp³-hybridized carbons (Fsp3) is 0.432. The number of carbonyl (C=O) groups excluding carboxylic acids is 4. The van der Waals surface area contributed by atoms with Crippen LogP contribution in [0.5, 0.6) is 0 Å². The molecule has 308 valence electrons. The molecule has 4 N–H and O–H groups in total. The third-order valence-electron chi connectivity index (χ3n) is 12.0. The summed E-state index contributed by atoms with van der Waals surface area (Å²) in [5.74, 6) is 0.982. The second-order valence-electron chi connectivity index (χ2n) is 16.2. The molecule has 2 aromatic heterocycles. The highest BCUT2D eigenvalue weighted by molar-refractivity contribution is 6.11. The zero-order valence-corrected chi connectivity index (χ0v) is 34.3. The lowest BCUT2D eigenvalue weighted by Gasteiger charge is -2.37. The van der Waals surface area contributed by atoms with E-state index in [4.69, 9.17) is 19.4 Å². The van der Waals surface area contributed by atoms with E-state index in [9.17, 15) is 24.4 Å². The lowest BCUT2D eigenvalue weighted by atomic mass is 9.87. The number of alkyl carbamates (subject to hydrolysis) is 2. The Bertz CT molecular complexity index is 2430. The maximum absolute atomic E-state index is 13.6. The smallest absolute Gasteiger partial charge is 0.407 e. The van der Waals surface area contributed by atoms with Crippen molar-refractivity contribution in [2.45, 2.75) is 77.0 Å². The first-order valence-electron chi connectivity index (χ1n) is 20.1. The number of nitriles is 1. The molecule has 0 bridgehead atoms. The van der Waals surface area contributed by atoms with Gasteiger partial charge in [0, 0.05) is 29.6 Å². The SMILES string of the molecule is COC(=O)N[C@H](C(=O)N1CCC[C@H]1c1ncc(-c2ccc3c(c2)cc(C#N)c2cc(-c4cnc(C5CCCN5C[C@](C=O)(NC(=O)OC)C(C)C)[nH]4)ccc23)[nH]1)C(C)C. The quantitative estimate of drug-likeness (QED) is 0.0771. The molecular weight excluding hydrogens is 751 g/mol. The number of ether oxygens (including phenoxy) is 2. The number of nitrogens with zero attached hydrogens (tertiary/aromatic N) is 5. The molecule has 15 heteroatoms. The number of nitrogens with one attached hydrogen (secondary N) is 4. The number of amides is 3. The van der Waals surface area contributed by atoms with E-state index in [1.807, 2.05) is 64.1 Å². The number of methoxy groups -OCH3 is 2. The van der Waals surface area contributed by atoms with Gasteiger partial charge in [-0.25, -0.2) is 19.6 Å². The average molecular weight is 802 g/mol. The Hall–Kier alpha value is -6.27. The van der Waals surface area contributed by atoms with Gasteiger partial charge in [-0.2, -0.15) is 5.26 Å². The van der Waals surface area contributed by atoms with Gasteiger partial charge in [0.15, 0.2) is 0 Å². The third kappa shape index (κ3) is 7.97. The van der Waals surface area contributed by atoms with Crippen LogP contribution in [0.4, 0.5) is 9.59 Å². The van der Waals surface area contributed by atoms with Crippen molar-refractivity contribution in [1.29, 1.82) is 5.26 Å². The number of aldehydes is 1. The van der Waals surface area contributed by atoms with Crippen molar-refractivity contribution in [3.8, 4) is 28.6 Å². The second-order valence-corrected chi connectivity index (χ2v) is 16.2. The summed E-state index contributed by atoms with van der Waals surface area (Å²) in [5, 5.41) is 19.5. The molecule has 2 fully saturated rings. The summed E-state index contributed by atoms with van der Waals surface area (Å²) in [5.41, 5.74) is 2.80. The molecule has 5 aromatic rings. The van der Waals surface area contributed by atoms with Gasteiger partial charge in [0.05, 0.1) is 61.7 Å². The van der Waals surface area contributed by atoms with Crippen LogP contribution in [0.1, 0.15) is 82.7 Å². The molecule has 15 nitrogen and oxygen atoms in total. The summed E-state index contributed by atoms with van der Waals surface area (Å²) in [7, 11) is 2.56. The topological polar surface area (TPSA) is 198 Å².